The summed E-state index contributed by atoms with van der Waals surface area (Å²) in [5.41, 5.74) is 1.84. The van der Waals surface area contributed by atoms with E-state index >= 15 is 0 Å². The number of aromatic nitrogens is 1. The number of hydrogen-bond acceptors (Lipinski definition) is 6. The third-order valence-electron chi connectivity index (χ3n) is 7.42. The Morgan fingerprint density at radius 3 is 2.56 bits per heavy atom. The van der Waals surface area contributed by atoms with Crippen LogP contribution in [0.1, 0.15) is 43.2 Å². The quantitative estimate of drug-likeness (QED) is 0.397. The normalized spacial score (nSPS) is 18.3. The second-order valence-electron chi connectivity index (χ2n) is 9.99. The number of carbonyl (C=O) groups is 1. The molecule has 0 spiro atoms. The number of halogens is 1. The predicted octanol–water partition coefficient (Wildman–Crippen LogP) is 4.61. The highest BCUT2D eigenvalue weighted by molar-refractivity contribution is 6.30. The molecule has 0 aliphatic carbocycles. The first-order valence-corrected chi connectivity index (χ1v) is 13.5. The summed E-state index contributed by atoms with van der Waals surface area (Å²) in [5.74, 6) is 0.0707. The molecular weight excluding hydrogens is 516 g/mol. The summed E-state index contributed by atoms with van der Waals surface area (Å²) in [5, 5.41) is 32.9. The van der Waals surface area contributed by atoms with Crippen LogP contribution in [-0.4, -0.2) is 50.8 Å². The standard InChI is InChI=1S/C31H31ClN2O5/c32-23-10-8-22(9-11-23)31(38)14-18-34(19-15-31)17-3-4-21-20-26-25(27(35)12-13-29(36)37)5-1-7-28(26)39-30-24(21)6-2-16-33-30/h1-2,4-11,16,20,35,38H,3,12-15,17-19H2,(H,36,37). The van der Waals surface area contributed by atoms with Gasteiger partial charge in [0, 0.05) is 53.3 Å². The lowest BCUT2D eigenvalue weighted by atomic mass is 9.84. The zero-order chi connectivity index (χ0) is 27.4. The third kappa shape index (κ3) is 6.17. The molecule has 202 valence electrons. The van der Waals surface area contributed by atoms with E-state index in [2.05, 4.69) is 16.0 Å². The van der Waals surface area contributed by atoms with Gasteiger partial charge in [0.05, 0.1) is 12.0 Å². The molecule has 0 radical (unpaired) electrons. The molecule has 2 aromatic carbocycles. The topological polar surface area (TPSA) is 103 Å². The fourth-order valence-electron chi connectivity index (χ4n) is 5.19. The molecule has 8 heteroatoms. The van der Waals surface area contributed by atoms with E-state index in [1.54, 1.807) is 18.3 Å². The number of nitrogens with zero attached hydrogens (tertiary/aromatic N) is 2. The van der Waals surface area contributed by atoms with Crippen molar-refractivity contribution in [2.24, 2.45) is 0 Å². The van der Waals surface area contributed by atoms with Crippen LogP contribution in [0.15, 0.2) is 66.9 Å². The van der Waals surface area contributed by atoms with Crippen LogP contribution < -0.4 is 15.2 Å². The van der Waals surface area contributed by atoms with Crippen LogP contribution in [-0.2, 0) is 10.4 Å². The minimum Gasteiger partial charge on any atom is -0.512 e. The smallest absolute Gasteiger partial charge is 0.303 e. The first-order valence-electron chi connectivity index (χ1n) is 13.1. The highest BCUT2D eigenvalue weighted by atomic mass is 35.5. The summed E-state index contributed by atoms with van der Waals surface area (Å²) in [6, 6.07) is 16.6. The maximum absolute atomic E-state index is 11.2. The Morgan fingerprint density at radius 2 is 1.82 bits per heavy atom. The molecule has 1 aromatic heterocycles. The Balaban J connectivity index is 1.37. The molecule has 1 fully saturated rings. The van der Waals surface area contributed by atoms with Crippen LogP contribution in [0.5, 0.6) is 11.6 Å². The van der Waals surface area contributed by atoms with Crippen LogP contribution in [0.2, 0.25) is 5.02 Å². The summed E-state index contributed by atoms with van der Waals surface area (Å²) in [6.07, 6.45) is 7.74. The molecule has 5 rings (SSSR count). The highest BCUT2D eigenvalue weighted by Crippen LogP contribution is 2.34. The highest BCUT2D eigenvalue weighted by Gasteiger charge is 2.33. The predicted molar refractivity (Wildman–Crippen MR) is 151 cm³/mol. The SMILES string of the molecule is O=C(O)CCC(O)=c1cccc2c1=CC(=CCCN1CCC(O)(c3ccc(Cl)cc3)CC1)c1cccnc1O2. The van der Waals surface area contributed by atoms with Crippen molar-refractivity contribution in [1.82, 2.24) is 9.88 Å². The largest absolute Gasteiger partial charge is 0.512 e. The minimum atomic E-state index is -0.967. The van der Waals surface area contributed by atoms with E-state index in [4.69, 9.17) is 21.4 Å². The molecule has 0 unspecified atom stereocenters. The lowest BCUT2D eigenvalue weighted by molar-refractivity contribution is -0.136. The zero-order valence-electron chi connectivity index (χ0n) is 21.5. The van der Waals surface area contributed by atoms with Gasteiger partial charge in [-0.1, -0.05) is 41.9 Å². The molecule has 0 bridgehead atoms. The van der Waals surface area contributed by atoms with Gasteiger partial charge in [0.25, 0.3) is 0 Å². The second-order valence-corrected chi connectivity index (χ2v) is 10.4. The Bertz CT molecular complexity index is 1510. The third-order valence-corrected chi connectivity index (χ3v) is 7.67. The average Bonchev–Trinajstić information content (AvgIpc) is 3.09. The number of fused-ring (bicyclic) bond motifs is 2. The number of ether oxygens (including phenoxy) is 1. The van der Waals surface area contributed by atoms with Crippen molar-refractivity contribution >= 4 is 35.0 Å². The van der Waals surface area contributed by atoms with Gasteiger partial charge in [0.2, 0.25) is 5.88 Å². The maximum Gasteiger partial charge on any atom is 0.303 e. The Labute approximate surface area is 232 Å². The molecule has 7 nitrogen and oxygen atoms in total. The van der Waals surface area contributed by atoms with Crippen LogP contribution in [0.25, 0.3) is 17.4 Å². The number of benzene rings is 2. The van der Waals surface area contributed by atoms with E-state index in [0.717, 1.165) is 42.8 Å². The molecule has 3 aromatic rings. The van der Waals surface area contributed by atoms with E-state index in [-0.39, 0.29) is 18.6 Å². The van der Waals surface area contributed by atoms with Crippen molar-refractivity contribution in [2.75, 3.05) is 19.6 Å². The number of rotatable bonds is 7. The van der Waals surface area contributed by atoms with Crippen molar-refractivity contribution in [3.05, 3.63) is 93.5 Å². The van der Waals surface area contributed by atoms with Gasteiger partial charge < -0.3 is 25.0 Å². The number of aliphatic hydroxyl groups is 2. The number of aliphatic hydroxyl groups excluding tert-OH is 1. The van der Waals surface area contributed by atoms with Crippen molar-refractivity contribution in [1.29, 1.82) is 0 Å². The lowest BCUT2D eigenvalue weighted by Gasteiger charge is -2.38. The van der Waals surface area contributed by atoms with Gasteiger partial charge in [0.1, 0.15) is 11.5 Å². The zero-order valence-corrected chi connectivity index (χ0v) is 22.3. The van der Waals surface area contributed by atoms with Crippen LogP contribution in [0, 0.1) is 0 Å². The number of aliphatic carboxylic acids is 1. The summed E-state index contributed by atoms with van der Waals surface area (Å²) in [7, 11) is 0. The molecule has 2 aliphatic heterocycles. The number of likely N-dealkylation sites (tertiary alicyclic amines) is 1. The van der Waals surface area contributed by atoms with Crippen molar-refractivity contribution in [3.8, 4) is 11.6 Å². The summed E-state index contributed by atoms with van der Waals surface area (Å²) in [6.45, 7) is 2.40. The molecule has 3 N–H and O–H groups in total. The van der Waals surface area contributed by atoms with Crippen LogP contribution >= 0.6 is 11.6 Å². The van der Waals surface area contributed by atoms with Crippen LogP contribution in [0.4, 0.5) is 0 Å². The summed E-state index contributed by atoms with van der Waals surface area (Å²) < 4.78 is 6.15. The number of pyridine rings is 1. The average molecular weight is 547 g/mol. The van der Waals surface area contributed by atoms with E-state index in [9.17, 15) is 15.0 Å². The summed E-state index contributed by atoms with van der Waals surface area (Å²) >= 11 is 6.02. The molecule has 0 amide bonds. The summed E-state index contributed by atoms with van der Waals surface area (Å²) in [4.78, 5) is 17.8. The van der Waals surface area contributed by atoms with Gasteiger partial charge in [-0.2, -0.15) is 0 Å². The van der Waals surface area contributed by atoms with Gasteiger partial charge in [-0.05, 0) is 66.8 Å². The van der Waals surface area contributed by atoms with Gasteiger partial charge in [-0.15, -0.1) is 0 Å². The molecular formula is C31H31ClN2O5. The second kappa shape index (κ2) is 11.6. The number of hydrogen-bond donors (Lipinski definition) is 3. The van der Waals surface area contributed by atoms with Crippen molar-refractivity contribution < 1.29 is 24.9 Å². The van der Waals surface area contributed by atoms with Gasteiger partial charge >= 0.3 is 5.97 Å². The molecule has 39 heavy (non-hydrogen) atoms. The van der Waals surface area contributed by atoms with Crippen molar-refractivity contribution in [2.45, 2.75) is 37.7 Å². The molecule has 2 aliphatic rings. The van der Waals surface area contributed by atoms with Crippen LogP contribution in [0.3, 0.4) is 0 Å². The Morgan fingerprint density at radius 1 is 1.05 bits per heavy atom. The fraction of sp³-hybridized carbons (Fsp3) is 0.290. The number of carboxylic acids is 1. The van der Waals surface area contributed by atoms with E-state index in [1.165, 1.54) is 0 Å². The number of carboxylic acid groups (broad SMARTS) is 1. The first-order chi connectivity index (χ1) is 18.8. The minimum absolute atomic E-state index is 0.00820. The number of piperidine rings is 1. The molecule has 0 atom stereocenters. The van der Waals surface area contributed by atoms with E-state index in [0.29, 0.717) is 39.9 Å². The van der Waals surface area contributed by atoms with Gasteiger partial charge in [-0.3, -0.25) is 4.79 Å². The van der Waals surface area contributed by atoms with Crippen molar-refractivity contribution in [3.63, 3.8) is 0 Å². The fourth-order valence-corrected chi connectivity index (χ4v) is 5.32. The molecule has 1 saturated heterocycles. The molecule has 3 heterocycles. The first kappa shape index (κ1) is 26.9. The van der Waals surface area contributed by atoms with Gasteiger partial charge in [-0.25, -0.2) is 4.98 Å². The van der Waals surface area contributed by atoms with E-state index in [1.807, 2.05) is 48.5 Å². The Hall–Kier alpha value is -3.65. The van der Waals surface area contributed by atoms with E-state index < -0.39 is 11.6 Å². The molecule has 0 saturated carbocycles. The van der Waals surface area contributed by atoms with Gasteiger partial charge in [0.15, 0.2) is 0 Å². The number of allylic oxidation sites excluding steroid dienone is 1. The monoisotopic (exact) mass is 546 g/mol. The lowest BCUT2D eigenvalue weighted by Crippen LogP contribution is -2.42. The maximum atomic E-state index is 11.2. The Kier molecular flexibility index (Phi) is 8.02.